The molecule has 3 aromatic rings. The summed E-state index contributed by atoms with van der Waals surface area (Å²) in [6.45, 7) is 0. The monoisotopic (exact) mass is 393 g/mol. The molecule has 2 aromatic carbocycles. The van der Waals surface area contributed by atoms with E-state index in [-0.39, 0.29) is 16.8 Å². The number of pyridine rings is 1. The molecule has 4 rings (SSSR count). The van der Waals surface area contributed by atoms with Crippen LogP contribution >= 0.6 is 0 Å². The molecule has 0 fully saturated rings. The van der Waals surface area contributed by atoms with E-state index in [4.69, 9.17) is 0 Å². The summed E-state index contributed by atoms with van der Waals surface area (Å²) >= 11 is 0. The van der Waals surface area contributed by atoms with E-state index in [0.29, 0.717) is 18.2 Å². The molecule has 3 nitrogen and oxygen atoms in total. The predicted octanol–water partition coefficient (Wildman–Crippen LogP) is 5.80. The van der Waals surface area contributed by atoms with Crippen LogP contribution in [0, 0.1) is 0 Å². The highest BCUT2D eigenvalue weighted by Crippen LogP contribution is 2.23. The lowest BCUT2D eigenvalue weighted by Gasteiger charge is -2.11. The third-order valence-corrected chi connectivity index (χ3v) is 5.26. The van der Waals surface area contributed by atoms with Crippen LogP contribution in [0.3, 0.4) is 0 Å². The number of hydrogen-bond donors (Lipinski definition) is 1. The fraction of sp³-hybridized carbons (Fsp3) is 0.111. The van der Waals surface area contributed by atoms with Gasteiger partial charge in [0.2, 0.25) is 0 Å². The first-order chi connectivity index (χ1) is 14.7. The van der Waals surface area contributed by atoms with E-state index in [0.717, 1.165) is 17.5 Å². The molecule has 1 aliphatic carbocycles. The number of carbonyl (C=O) groups excluding carboxylic acids is 1. The zero-order chi connectivity index (χ0) is 20.8. The minimum absolute atomic E-state index is 0.113. The number of H-pyrrole nitrogens is 1. The average molecular weight is 393 g/mol. The van der Waals surface area contributed by atoms with Crippen molar-refractivity contribution in [2.24, 2.45) is 0 Å². The van der Waals surface area contributed by atoms with E-state index in [9.17, 15) is 9.59 Å². The summed E-state index contributed by atoms with van der Waals surface area (Å²) in [7, 11) is 0. The zero-order valence-electron chi connectivity index (χ0n) is 16.7. The molecule has 0 amide bonds. The SMILES string of the molecule is O=C(CCCc1ccccc1C1=CC=CC=CC=C1)c1c[nH]c2ccccc2c1=O. The Balaban J connectivity index is 1.48. The Labute approximate surface area is 175 Å². The van der Waals surface area contributed by atoms with Gasteiger partial charge in [0.15, 0.2) is 11.2 Å². The fourth-order valence-electron chi connectivity index (χ4n) is 3.71. The van der Waals surface area contributed by atoms with Gasteiger partial charge >= 0.3 is 0 Å². The second-order valence-electron chi connectivity index (χ2n) is 7.26. The molecule has 0 bridgehead atoms. The van der Waals surface area contributed by atoms with Gasteiger partial charge in [-0.3, -0.25) is 9.59 Å². The topological polar surface area (TPSA) is 49.9 Å². The number of rotatable bonds is 6. The van der Waals surface area contributed by atoms with Crippen LogP contribution in [0.1, 0.15) is 34.3 Å². The second kappa shape index (κ2) is 9.19. The number of allylic oxidation sites excluding steroid dienone is 8. The van der Waals surface area contributed by atoms with Crippen molar-refractivity contribution in [2.45, 2.75) is 19.3 Å². The van der Waals surface area contributed by atoms with Gasteiger partial charge < -0.3 is 4.98 Å². The molecule has 1 heterocycles. The van der Waals surface area contributed by atoms with E-state index < -0.39 is 0 Å². The maximum atomic E-state index is 12.7. The third-order valence-electron chi connectivity index (χ3n) is 5.26. The van der Waals surface area contributed by atoms with Gasteiger partial charge in [-0.05, 0) is 41.7 Å². The third kappa shape index (κ3) is 4.31. The van der Waals surface area contributed by atoms with Crippen molar-refractivity contribution in [2.75, 3.05) is 0 Å². The lowest BCUT2D eigenvalue weighted by Crippen LogP contribution is -2.16. The molecule has 3 heteroatoms. The molecular formula is C27H23NO2. The maximum absolute atomic E-state index is 12.7. The van der Waals surface area contributed by atoms with E-state index in [2.05, 4.69) is 29.3 Å². The Hall–Kier alpha value is -3.72. The van der Waals surface area contributed by atoms with Crippen molar-refractivity contribution in [1.82, 2.24) is 4.98 Å². The minimum Gasteiger partial charge on any atom is -0.360 e. The number of hydrogen-bond acceptors (Lipinski definition) is 2. The Bertz CT molecular complexity index is 1260. The highest BCUT2D eigenvalue weighted by molar-refractivity contribution is 5.98. The Morgan fingerprint density at radius 3 is 2.57 bits per heavy atom. The normalized spacial score (nSPS) is 13.1. The number of para-hydroxylation sites is 1. The van der Waals surface area contributed by atoms with Gasteiger partial charge in [-0.25, -0.2) is 0 Å². The molecule has 0 saturated heterocycles. The molecule has 0 saturated carbocycles. The van der Waals surface area contributed by atoms with Crippen LogP contribution in [-0.4, -0.2) is 10.8 Å². The number of benzene rings is 2. The van der Waals surface area contributed by atoms with Crippen molar-refractivity contribution in [3.8, 4) is 0 Å². The first kappa shape index (κ1) is 19.6. The van der Waals surface area contributed by atoms with Gasteiger partial charge in [0.25, 0.3) is 0 Å². The number of Topliss-reactive ketones (excluding diaryl/α,β-unsaturated/α-hetero) is 1. The summed E-state index contributed by atoms with van der Waals surface area (Å²) in [6, 6.07) is 15.5. The highest BCUT2D eigenvalue weighted by atomic mass is 16.1. The largest absolute Gasteiger partial charge is 0.360 e. The molecule has 30 heavy (non-hydrogen) atoms. The number of aryl methyl sites for hydroxylation is 1. The van der Waals surface area contributed by atoms with E-state index in [1.54, 1.807) is 12.3 Å². The van der Waals surface area contributed by atoms with E-state index in [1.165, 1.54) is 11.1 Å². The molecule has 0 aliphatic heterocycles. The van der Waals surface area contributed by atoms with Crippen molar-refractivity contribution in [3.63, 3.8) is 0 Å². The molecule has 0 spiro atoms. The van der Waals surface area contributed by atoms with Crippen LogP contribution in [-0.2, 0) is 6.42 Å². The Morgan fingerprint density at radius 1 is 0.867 bits per heavy atom. The van der Waals surface area contributed by atoms with E-state index in [1.807, 2.05) is 60.7 Å². The number of aromatic nitrogens is 1. The summed E-state index contributed by atoms with van der Waals surface area (Å²) in [5.74, 6) is -0.113. The van der Waals surface area contributed by atoms with Gasteiger partial charge in [0, 0.05) is 23.5 Å². The van der Waals surface area contributed by atoms with Crippen molar-refractivity contribution < 1.29 is 4.79 Å². The first-order valence-corrected chi connectivity index (χ1v) is 10.2. The summed E-state index contributed by atoms with van der Waals surface area (Å²) in [5, 5.41) is 0.554. The number of aromatic amines is 1. The van der Waals surface area contributed by atoms with Gasteiger partial charge in [-0.1, -0.05) is 78.9 Å². The molecule has 1 N–H and O–H groups in total. The standard InChI is InChI=1S/C27H23NO2/c29-26(24-19-28-25-17-9-8-16-23(25)27(24)30)18-10-14-21-13-6-7-15-22(21)20-11-4-2-1-3-5-12-20/h1-9,11-13,15-17,19H,10,14,18H2,(H,28,30). The lowest BCUT2D eigenvalue weighted by molar-refractivity contribution is 0.0979. The van der Waals surface area contributed by atoms with Crippen LogP contribution < -0.4 is 5.43 Å². The Kier molecular flexibility index (Phi) is 6.00. The lowest BCUT2D eigenvalue weighted by atomic mass is 9.94. The summed E-state index contributed by atoms with van der Waals surface area (Å²) in [4.78, 5) is 28.4. The van der Waals surface area contributed by atoms with Gasteiger partial charge in [0.05, 0.1) is 5.56 Å². The van der Waals surface area contributed by atoms with E-state index >= 15 is 0 Å². The summed E-state index contributed by atoms with van der Waals surface area (Å²) in [6.07, 6.45) is 17.6. The number of nitrogens with one attached hydrogen (secondary N) is 1. The second-order valence-corrected chi connectivity index (χ2v) is 7.26. The highest BCUT2D eigenvalue weighted by Gasteiger charge is 2.13. The zero-order valence-corrected chi connectivity index (χ0v) is 16.7. The fourth-order valence-corrected chi connectivity index (χ4v) is 3.71. The molecule has 1 aliphatic rings. The van der Waals surface area contributed by atoms with Crippen molar-refractivity contribution >= 4 is 22.3 Å². The number of ketones is 1. The quantitative estimate of drug-likeness (QED) is 0.538. The molecule has 148 valence electrons. The number of fused-ring (bicyclic) bond motifs is 1. The van der Waals surface area contributed by atoms with Crippen LogP contribution in [0.2, 0.25) is 0 Å². The molecule has 0 unspecified atom stereocenters. The first-order valence-electron chi connectivity index (χ1n) is 10.2. The summed E-state index contributed by atoms with van der Waals surface area (Å²) < 4.78 is 0. The Morgan fingerprint density at radius 2 is 1.63 bits per heavy atom. The smallest absolute Gasteiger partial charge is 0.200 e. The van der Waals surface area contributed by atoms with Crippen molar-refractivity contribution in [3.05, 3.63) is 124 Å². The van der Waals surface area contributed by atoms with Crippen LogP contribution in [0.5, 0.6) is 0 Å². The predicted molar refractivity (Wildman–Crippen MR) is 124 cm³/mol. The van der Waals surface area contributed by atoms with Crippen molar-refractivity contribution in [1.29, 1.82) is 0 Å². The van der Waals surface area contributed by atoms with Crippen LogP contribution in [0.25, 0.3) is 16.5 Å². The van der Waals surface area contributed by atoms with Gasteiger partial charge in [0.1, 0.15) is 0 Å². The molecule has 1 aromatic heterocycles. The minimum atomic E-state index is -0.195. The van der Waals surface area contributed by atoms with Crippen LogP contribution in [0.4, 0.5) is 0 Å². The molecule has 0 atom stereocenters. The number of carbonyl (C=O) groups is 1. The maximum Gasteiger partial charge on any atom is 0.200 e. The average Bonchev–Trinajstić information content (AvgIpc) is 2.74. The molecule has 0 radical (unpaired) electrons. The molecular weight excluding hydrogens is 370 g/mol. The van der Waals surface area contributed by atoms with Gasteiger partial charge in [-0.2, -0.15) is 0 Å². The van der Waals surface area contributed by atoms with Crippen LogP contribution in [0.15, 0.2) is 102 Å². The summed E-state index contributed by atoms with van der Waals surface area (Å²) in [5.41, 5.74) is 4.31. The van der Waals surface area contributed by atoms with Gasteiger partial charge in [-0.15, -0.1) is 0 Å².